The van der Waals surface area contributed by atoms with Crippen LogP contribution in [0.15, 0.2) is 72.8 Å². The monoisotopic (exact) mass is 427 g/mol. The van der Waals surface area contributed by atoms with E-state index in [1.165, 1.54) is 6.92 Å². The van der Waals surface area contributed by atoms with E-state index in [9.17, 15) is 14.7 Å². The van der Waals surface area contributed by atoms with Gasteiger partial charge in [-0.05, 0) is 48.4 Å². The molecular formula is C26H25N3O3. The highest BCUT2D eigenvalue weighted by molar-refractivity contribution is 6.00. The van der Waals surface area contributed by atoms with Gasteiger partial charge in [-0.15, -0.1) is 0 Å². The molecule has 0 spiro atoms. The van der Waals surface area contributed by atoms with E-state index in [0.717, 1.165) is 33.3 Å². The van der Waals surface area contributed by atoms with Crippen molar-refractivity contribution < 1.29 is 14.7 Å². The van der Waals surface area contributed by atoms with Gasteiger partial charge in [-0.1, -0.05) is 42.5 Å². The van der Waals surface area contributed by atoms with Crippen LogP contribution in [0.3, 0.4) is 0 Å². The first kappa shape index (κ1) is 21.2. The Labute approximate surface area is 186 Å². The van der Waals surface area contributed by atoms with Crippen LogP contribution in [-0.2, 0) is 16.0 Å². The molecule has 4 aromatic rings. The number of hydrogen-bond acceptors (Lipinski definition) is 3. The molecule has 0 aliphatic rings. The van der Waals surface area contributed by atoms with Crippen LogP contribution in [0.2, 0.25) is 0 Å². The SMILES string of the molecule is CC(=O)NC(Cc1ccc(O)cc1C)C(=O)Nc1ccccc1-c1cc2ccccc2[nH]1. The van der Waals surface area contributed by atoms with Crippen LogP contribution in [0, 0.1) is 6.92 Å². The molecular weight excluding hydrogens is 402 g/mol. The summed E-state index contributed by atoms with van der Waals surface area (Å²) >= 11 is 0. The fraction of sp³-hybridized carbons (Fsp3) is 0.154. The van der Waals surface area contributed by atoms with Gasteiger partial charge in [-0.25, -0.2) is 0 Å². The maximum atomic E-state index is 13.2. The van der Waals surface area contributed by atoms with Crippen molar-refractivity contribution in [3.8, 4) is 17.0 Å². The number of aromatic amines is 1. The molecule has 3 aromatic carbocycles. The lowest BCUT2D eigenvalue weighted by Crippen LogP contribution is -2.44. The third-order valence-electron chi connectivity index (χ3n) is 5.45. The first-order valence-corrected chi connectivity index (χ1v) is 10.4. The molecule has 6 heteroatoms. The first-order chi connectivity index (χ1) is 15.4. The number of phenolic OH excluding ortho intramolecular Hbond substituents is 1. The summed E-state index contributed by atoms with van der Waals surface area (Å²) < 4.78 is 0. The second-order valence-corrected chi connectivity index (χ2v) is 7.87. The lowest BCUT2D eigenvalue weighted by atomic mass is 10.00. The number of benzene rings is 3. The van der Waals surface area contributed by atoms with Gasteiger partial charge < -0.3 is 20.7 Å². The van der Waals surface area contributed by atoms with Crippen molar-refractivity contribution in [2.75, 3.05) is 5.32 Å². The van der Waals surface area contributed by atoms with E-state index in [1.807, 2.05) is 61.5 Å². The summed E-state index contributed by atoms with van der Waals surface area (Å²) in [5, 5.41) is 16.5. The van der Waals surface area contributed by atoms with E-state index in [2.05, 4.69) is 15.6 Å². The van der Waals surface area contributed by atoms with Gasteiger partial charge in [0, 0.05) is 35.5 Å². The summed E-state index contributed by atoms with van der Waals surface area (Å²) in [6, 6.07) is 21.8. The van der Waals surface area contributed by atoms with Crippen LogP contribution < -0.4 is 10.6 Å². The number of aryl methyl sites for hydroxylation is 1. The molecule has 32 heavy (non-hydrogen) atoms. The number of anilines is 1. The predicted octanol–water partition coefficient (Wildman–Crippen LogP) is 4.53. The van der Waals surface area contributed by atoms with E-state index in [4.69, 9.17) is 0 Å². The Hall–Kier alpha value is -4.06. The smallest absolute Gasteiger partial charge is 0.247 e. The Balaban J connectivity index is 1.61. The van der Waals surface area contributed by atoms with Crippen molar-refractivity contribution in [2.45, 2.75) is 26.3 Å². The molecule has 0 bridgehead atoms. The molecule has 0 aliphatic carbocycles. The van der Waals surface area contributed by atoms with E-state index < -0.39 is 6.04 Å². The molecule has 1 aromatic heterocycles. The van der Waals surface area contributed by atoms with Gasteiger partial charge in [0.25, 0.3) is 0 Å². The zero-order valence-corrected chi connectivity index (χ0v) is 18.0. The molecule has 0 saturated heterocycles. The minimum atomic E-state index is -0.758. The number of aromatic nitrogens is 1. The number of carbonyl (C=O) groups excluding carboxylic acids is 2. The molecule has 0 saturated carbocycles. The molecule has 4 rings (SSSR count). The first-order valence-electron chi connectivity index (χ1n) is 10.4. The van der Waals surface area contributed by atoms with Crippen LogP contribution in [0.25, 0.3) is 22.2 Å². The minimum Gasteiger partial charge on any atom is -0.508 e. The minimum absolute atomic E-state index is 0.166. The van der Waals surface area contributed by atoms with Crippen molar-refractivity contribution >= 4 is 28.4 Å². The second kappa shape index (κ2) is 8.98. The molecule has 1 heterocycles. The lowest BCUT2D eigenvalue weighted by molar-refractivity contribution is -0.125. The third-order valence-corrected chi connectivity index (χ3v) is 5.45. The maximum Gasteiger partial charge on any atom is 0.247 e. The number of carbonyl (C=O) groups is 2. The Morgan fingerprint density at radius 2 is 1.75 bits per heavy atom. The molecule has 4 N–H and O–H groups in total. The number of fused-ring (bicyclic) bond motifs is 1. The number of aromatic hydroxyl groups is 1. The van der Waals surface area contributed by atoms with Crippen molar-refractivity contribution in [3.63, 3.8) is 0 Å². The van der Waals surface area contributed by atoms with Crippen LogP contribution in [-0.4, -0.2) is 27.9 Å². The average Bonchev–Trinajstić information content (AvgIpc) is 3.19. The standard InChI is InChI=1S/C26H25N3O3/c1-16-13-20(31)12-11-18(16)14-25(27-17(2)30)26(32)29-23-10-6-4-8-21(23)24-15-19-7-3-5-9-22(19)28-24/h3-13,15,25,28,31H,14H2,1-2H3,(H,27,30)(H,29,32). The molecule has 1 unspecified atom stereocenters. The van der Waals surface area contributed by atoms with Crippen molar-refractivity contribution in [1.82, 2.24) is 10.3 Å². The quantitative estimate of drug-likeness (QED) is 0.364. The molecule has 2 amide bonds. The summed E-state index contributed by atoms with van der Waals surface area (Å²) in [6.45, 7) is 3.26. The maximum absolute atomic E-state index is 13.2. The Morgan fingerprint density at radius 1 is 1.00 bits per heavy atom. The number of rotatable bonds is 6. The number of phenols is 1. The van der Waals surface area contributed by atoms with Gasteiger partial charge in [-0.2, -0.15) is 0 Å². The van der Waals surface area contributed by atoms with Gasteiger partial charge in [0.15, 0.2) is 0 Å². The fourth-order valence-electron chi connectivity index (χ4n) is 3.85. The number of para-hydroxylation sites is 2. The van der Waals surface area contributed by atoms with Crippen LogP contribution >= 0.6 is 0 Å². The lowest BCUT2D eigenvalue weighted by Gasteiger charge is -2.20. The van der Waals surface area contributed by atoms with E-state index in [0.29, 0.717) is 12.1 Å². The zero-order valence-electron chi connectivity index (χ0n) is 18.0. The molecule has 162 valence electrons. The highest BCUT2D eigenvalue weighted by Gasteiger charge is 2.22. The fourth-order valence-corrected chi connectivity index (χ4v) is 3.85. The number of hydrogen-bond donors (Lipinski definition) is 4. The molecule has 0 aliphatic heterocycles. The highest BCUT2D eigenvalue weighted by Crippen LogP contribution is 2.30. The van der Waals surface area contributed by atoms with E-state index in [-0.39, 0.29) is 17.6 Å². The Bertz CT molecular complexity index is 1260. The third kappa shape index (κ3) is 4.64. The number of H-pyrrole nitrogens is 1. The highest BCUT2D eigenvalue weighted by atomic mass is 16.3. The van der Waals surface area contributed by atoms with E-state index >= 15 is 0 Å². The predicted molar refractivity (Wildman–Crippen MR) is 127 cm³/mol. The van der Waals surface area contributed by atoms with Crippen LogP contribution in [0.5, 0.6) is 5.75 Å². The topological polar surface area (TPSA) is 94.2 Å². The van der Waals surface area contributed by atoms with Gasteiger partial charge in [0.2, 0.25) is 11.8 Å². The molecule has 1 atom stereocenters. The normalized spacial score (nSPS) is 11.8. The zero-order chi connectivity index (χ0) is 22.7. The largest absolute Gasteiger partial charge is 0.508 e. The summed E-state index contributed by atoms with van der Waals surface area (Å²) in [7, 11) is 0. The summed E-state index contributed by atoms with van der Waals surface area (Å²) in [5.41, 5.74) is 5.16. The van der Waals surface area contributed by atoms with Crippen molar-refractivity contribution in [1.29, 1.82) is 0 Å². The van der Waals surface area contributed by atoms with Gasteiger partial charge in [0.05, 0.1) is 5.69 Å². The van der Waals surface area contributed by atoms with Crippen LogP contribution in [0.4, 0.5) is 5.69 Å². The van der Waals surface area contributed by atoms with E-state index in [1.54, 1.807) is 18.2 Å². The van der Waals surface area contributed by atoms with Crippen LogP contribution in [0.1, 0.15) is 18.1 Å². The van der Waals surface area contributed by atoms with Crippen molar-refractivity contribution in [2.24, 2.45) is 0 Å². The molecule has 0 radical (unpaired) electrons. The molecule has 6 nitrogen and oxygen atoms in total. The Kier molecular flexibility index (Phi) is 5.94. The Morgan fingerprint density at radius 3 is 2.50 bits per heavy atom. The second-order valence-electron chi connectivity index (χ2n) is 7.87. The average molecular weight is 428 g/mol. The van der Waals surface area contributed by atoms with Gasteiger partial charge >= 0.3 is 0 Å². The van der Waals surface area contributed by atoms with Gasteiger partial charge in [-0.3, -0.25) is 9.59 Å². The summed E-state index contributed by atoms with van der Waals surface area (Å²) in [5.74, 6) is -0.430. The molecule has 0 fully saturated rings. The number of nitrogens with one attached hydrogen (secondary N) is 3. The number of amides is 2. The van der Waals surface area contributed by atoms with Crippen molar-refractivity contribution in [3.05, 3.63) is 83.9 Å². The summed E-state index contributed by atoms with van der Waals surface area (Å²) in [6.07, 6.45) is 0.312. The van der Waals surface area contributed by atoms with Gasteiger partial charge in [0.1, 0.15) is 11.8 Å². The summed E-state index contributed by atoms with van der Waals surface area (Å²) in [4.78, 5) is 28.4.